The van der Waals surface area contributed by atoms with Gasteiger partial charge in [-0.25, -0.2) is 14.0 Å². The molecule has 48 heavy (non-hydrogen) atoms. The number of hydrogen-bond donors (Lipinski definition) is 0. The average molecular weight is 651 g/mol. The van der Waals surface area contributed by atoms with Gasteiger partial charge in [-0.3, -0.25) is 9.13 Å². The molecule has 1 aliphatic heterocycles. The molecular formula is C38H39FN4O5. The quantitative estimate of drug-likeness (QED) is 0.174. The molecule has 0 saturated carbocycles. The van der Waals surface area contributed by atoms with Crippen LogP contribution in [0.2, 0.25) is 0 Å². The summed E-state index contributed by atoms with van der Waals surface area (Å²) in [6, 6.07) is 25.8. The highest BCUT2D eigenvalue weighted by molar-refractivity contribution is 5.82. The zero-order valence-electron chi connectivity index (χ0n) is 27.6. The van der Waals surface area contributed by atoms with Gasteiger partial charge in [0.15, 0.2) is 0 Å². The van der Waals surface area contributed by atoms with Gasteiger partial charge in [0.2, 0.25) is 11.8 Å². The van der Waals surface area contributed by atoms with Crippen LogP contribution in [0.15, 0.2) is 95.3 Å². The highest BCUT2D eigenvalue weighted by Gasteiger charge is 2.25. The minimum Gasteiger partial charge on any atom is -0.473 e. The molecule has 3 aromatic carbocycles. The van der Waals surface area contributed by atoms with Crippen LogP contribution in [0, 0.1) is 5.82 Å². The molecule has 1 aliphatic rings. The number of rotatable bonds is 8. The van der Waals surface area contributed by atoms with Crippen LogP contribution >= 0.6 is 0 Å². The smallest absolute Gasteiger partial charge is 0.410 e. The van der Waals surface area contributed by atoms with Gasteiger partial charge in [-0.2, -0.15) is 4.98 Å². The van der Waals surface area contributed by atoms with Gasteiger partial charge in [0, 0.05) is 37.8 Å². The Hall–Kier alpha value is -5.38. The largest absolute Gasteiger partial charge is 0.473 e. The maximum Gasteiger partial charge on any atom is 0.410 e. The fraction of sp³-hybridized carbons (Fsp3) is 0.289. The second kappa shape index (κ2) is 13.8. The molecular weight excluding hydrogens is 611 g/mol. The van der Waals surface area contributed by atoms with Crippen molar-refractivity contribution >= 4 is 23.2 Å². The summed E-state index contributed by atoms with van der Waals surface area (Å²) < 4.78 is 36.3. The first-order valence-electron chi connectivity index (χ1n) is 16.0. The zero-order valence-corrected chi connectivity index (χ0v) is 27.6. The Morgan fingerprint density at radius 3 is 2.12 bits per heavy atom. The van der Waals surface area contributed by atoms with Gasteiger partial charge in [0.1, 0.15) is 30.3 Å². The number of ether oxygens (including phenoxy) is 3. The van der Waals surface area contributed by atoms with E-state index in [0.29, 0.717) is 60.7 Å². The van der Waals surface area contributed by atoms with E-state index in [2.05, 4.69) is 4.98 Å². The number of halogens is 1. The highest BCUT2D eigenvalue weighted by Crippen LogP contribution is 2.30. The fourth-order valence-corrected chi connectivity index (χ4v) is 5.61. The molecule has 6 rings (SSSR count). The Morgan fingerprint density at radius 2 is 1.50 bits per heavy atom. The van der Waals surface area contributed by atoms with Crippen LogP contribution in [-0.2, 0) is 25.0 Å². The average Bonchev–Trinajstić information content (AvgIpc) is 3.31. The fourth-order valence-electron chi connectivity index (χ4n) is 5.61. The molecule has 5 aromatic rings. The third-order valence-electron chi connectivity index (χ3n) is 8.09. The van der Waals surface area contributed by atoms with Crippen LogP contribution in [-0.4, -0.2) is 43.8 Å². The van der Waals surface area contributed by atoms with E-state index in [1.165, 1.54) is 15.2 Å². The Labute approximate surface area is 278 Å². The summed E-state index contributed by atoms with van der Waals surface area (Å²) in [5, 5.41) is 0. The van der Waals surface area contributed by atoms with E-state index in [1.807, 2.05) is 87.5 Å². The minimum absolute atomic E-state index is 0.183. The predicted molar refractivity (Wildman–Crippen MR) is 183 cm³/mol. The van der Waals surface area contributed by atoms with E-state index in [1.54, 1.807) is 30.1 Å². The number of piperidine rings is 1. The topological polar surface area (TPSA) is 87.8 Å². The number of nitrogens with zero attached hydrogens (tertiary/aromatic N) is 4. The number of amides is 1. The van der Waals surface area contributed by atoms with Gasteiger partial charge in [-0.1, -0.05) is 72.3 Å². The Bertz CT molecular complexity index is 2000. The summed E-state index contributed by atoms with van der Waals surface area (Å²) in [6.45, 7) is 7.01. The van der Waals surface area contributed by atoms with Crippen LogP contribution in [0.1, 0.15) is 50.3 Å². The van der Waals surface area contributed by atoms with Crippen molar-refractivity contribution in [3.63, 3.8) is 0 Å². The Balaban J connectivity index is 1.30. The standard InChI is InChI=1S/C38H39FN4O5/c1-38(2,3)48-37(45)42-19-17-26(18-20-42)21-29-22-32-33(23-30(29)39)43(36(44)41(32)4)31-15-16-34(46-24-27-11-7-5-8-12-27)40-35(31)47-25-28-13-9-6-10-14-28/h5-16,21-23H,17-20,24-25H2,1-4H3. The third kappa shape index (κ3) is 7.43. The van der Waals surface area contributed by atoms with Crippen molar-refractivity contribution in [2.45, 2.75) is 52.4 Å². The number of aromatic nitrogens is 3. The summed E-state index contributed by atoms with van der Waals surface area (Å²) >= 11 is 0. The van der Waals surface area contributed by atoms with Crippen molar-refractivity contribution in [3.05, 3.63) is 123 Å². The van der Waals surface area contributed by atoms with Crippen LogP contribution < -0.4 is 15.2 Å². The first-order valence-corrected chi connectivity index (χ1v) is 16.0. The molecule has 1 saturated heterocycles. The lowest BCUT2D eigenvalue weighted by Crippen LogP contribution is -2.40. The van der Waals surface area contributed by atoms with Crippen molar-refractivity contribution in [3.8, 4) is 17.4 Å². The Kier molecular flexibility index (Phi) is 9.34. The summed E-state index contributed by atoms with van der Waals surface area (Å²) in [6.07, 6.45) is 2.67. The van der Waals surface area contributed by atoms with Crippen LogP contribution in [0.3, 0.4) is 0 Å². The number of pyridine rings is 1. The number of imidazole rings is 1. The lowest BCUT2D eigenvalue weighted by molar-refractivity contribution is 0.0237. The molecule has 2 aromatic heterocycles. The van der Waals surface area contributed by atoms with Gasteiger partial charge >= 0.3 is 11.8 Å². The van der Waals surface area contributed by atoms with Crippen molar-refractivity contribution < 1.29 is 23.4 Å². The normalized spacial score (nSPS) is 13.4. The van der Waals surface area contributed by atoms with E-state index in [-0.39, 0.29) is 24.3 Å². The molecule has 248 valence electrons. The molecule has 0 spiro atoms. The van der Waals surface area contributed by atoms with Gasteiger partial charge < -0.3 is 19.1 Å². The van der Waals surface area contributed by atoms with Crippen LogP contribution in [0.5, 0.6) is 11.8 Å². The number of hydrogen-bond acceptors (Lipinski definition) is 6. The molecule has 0 radical (unpaired) electrons. The lowest BCUT2D eigenvalue weighted by atomic mass is 10.0. The maximum absolute atomic E-state index is 15.8. The summed E-state index contributed by atoms with van der Waals surface area (Å²) in [7, 11) is 1.66. The summed E-state index contributed by atoms with van der Waals surface area (Å²) in [5.74, 6) is 0.0468. The predicted octanol–water partition coefficient (Wildman–Crippen LogP) is 7.44. The minimum atomic E-state index is -0.568. The first kappa shape index (κ1) is 32.6. The van der Waals surface area contributed by atoms with Gasteiger partial charge in [0.05, 0.1) is 11.0 Å². The number of carbonyl (C=O) groups is 1. The zero-order chi connectivity index (χ0) is 33.8. The monoisotopic (exact) mass is 650 g/mol. The molecule has 0 aliphatic carbocycles. The van der Waals surface area contributed by atoms with E-state index in [4.69, 9.17) is 14.2 Å². The lowest BCUT2D eigenvalue weighted by Gasteiger charge is -2.31. The molecule has 1 fully saturated rings. The van der Waals surface area contributed by atoms with Crippen molar-refractivity contribution in [2.24, 2.45) is 7.05 Å². The molecule has 0 atom stereocenters. The van der Waals surface area contributed by atoms with Gasteiger partial charge in [0.25, 0.3) is 0 Å². The maximum atomic E-state index is 15.8. The number of benzene rings is 3. The molecule has 3 heterocycles. The third-order valence-corrected chi connectivity index (χ3v) is 8.09. The highest BCUT2D eigenvalue weighted by atomic mass is 19.1. The van der Waals surface area contributed by atoms with Crippen LogP contribution in [0.4, 0.5) is 9.18 Å². The van der Waals surface area contributed by atoms with Crippen molar-refractivity contribution in [1.82, 2.24) is 19.0 Å². The van der Waals surface area contributed by atoms with E-state index >= 15 is 4.39 Å². The molecule has 10 heteroatoms. The summed E-state index contributed by atoms with van der Waals surface area (Å²) in [5.41, 5.74) is 3.66. The Morgan fingerprint density at radius 1 is 0.875 bits per heavy atom. The number of fused-ring (bicyclic) bond motifs is 1. The van der Waals surface area contributed by atoms with Crippen LogP contribution in [0.25, 0.3) is 22.8 Å². The van der Waals surface area contributed by atoms with E-state index in [9.17, 15) is 9.59 Å². The number of aryl methyl sites for hydroxylation is 1. The molecule has 0 N–H and O–H groups in total. The van der Waals surface area contributed by atoms with Gasteiger partial charge in [-0.05, 0) is 56.9 Å². The SMILES string of the molecule is Cn1c(=O)n(-c2ccc(OCc3ccccc3)nc2OCc2ccccc2)c2cc(F)c(C=C3CCN(C(=O)OC(C)(C)C)CC3)cc21. The molecule has 1 amide bonds. The summed E-state index contributed by atoms with van der Waals surface area (Å²) in [4.78, 5) is 32.5. The van der Waals surface area contributed by atoms with Crippen molar-refractivity contribution in [1.29, 1.82) is 0 Å². The number of carbonyl (C=O) groups excluding carboxylic acids is 1. The molecule has 9 nitrogen and oxygen atoms in total. The molecule has 0 bridgehead atoms. The number of likely N-dealkylation sites (tertiary alicyclic amines) is 1. The first-order chi connectivity index (χ1) is 23.1. The van der Waals surface area contributed by atoms with E-state index in [0.717, 1.165) is 16.7 Å². The second-order valence-corrected chi connectivity index (χ2v) is 12.8. The second-order valence-electron chi connectivity index (χ2n) is 12.8. The van der Waals surface area contributed by atoms with Crippen molar-refractivity contribution in [2.75, 3.05) is 13.1 Å². The van der Waals surface area contributed by atoms with Gasteiger partial charge in [-0.15, -0.1) is 0 Å². The van der Waals surface area contributed by atoms with E-state index < -0.39 is 11.4 Å². The molecule has 0 unspecified atom stereocenters.